The number of pyridine rings is 1. The summed E-state index contributed by atoms with van der Waals surface area (Å²) < 4.78 is 41.5. The number of carbonyl (C=O) groups is 1. The maximum atomic E-state index is 13.4. The summed E-state index contributed by atoms with van der Waals surface area (Å²) in [6.45, 7) is 3.70. The van der Waals surface area contributed by atoms with Gasteiger partial charge >= 0.3 is 6.18 Å². The molecular weight excluding hydrogens is 369 g/mol. The Kier molecular flexibility index (Phi) is 4.49. The number of rotatable bonds is 1. The van der Waals surface area contributed by atoms with Gasteiger partial charge in [-0.15, -0.1) is 0 Å². The molecule has 0 atom stereocenters. The van der Waals surface area contributed by atoms with Crippen molar-refractivity contribution >= 4 is 5.91 Å². The van der Waals surface area contributed by atoms with Crippen molar-refractivity contribution in [2.75, 3.05) is 26.7 Å². The Balaban J connectivity index is 1.59. The molecule has 0 N–H and O–H groups in total. The molecule has 0 radical (unpaired) electrons. The minimum atomic E-state index is -4.36. The summed E-state index contributed by atoms with van der Waals surface area (Å²) in [7, 11) is 1.96. The molecule has 0 aromatic carbocycles. The molecule has 28 heavy (non-hydrogen) atoms. The van der Waals surface area contributed by atoms with Gasteiger partial charge in [0, 0.05) is 37.6 Å². The fourth-order valence-electron chi connectivity index (χ4n) is 4.56. The number of amides is 1. The standard InChI is InChI=1S/C20H23F3N4O/c1-14-4-3-5-15(24-14)18(28)26-10-8-19(9-11-26)16-6-7-17(20(21,22)23)27(16)13-12-25(19)2/h3-7H,8-13H2,1-2H3. The van der Waals surface area contributed by atoms with Gasteiger partial charge in [-0.05, 0) is 51.1 Å². The summed E-state index contributed by atoms with van der Waals surface area (Å²) in [6.07, 6.45) is -3.16. The smallest absolute Gasteiger partial charge is 0.338 e. The Morgan fingerprint density at radius 1 is 1.07 bits per heavy atom. The van der Waals surface area contributed by atoms with Gasteiger partial charge in [-0.2, -0.15) is 13.2 Å². The average molecular weight is 392 g/mol. The van der Waals surface area contributed by atoms with Gasteiger partial charge in [0.25, 0.3) is 5.91 Å². The summed E-state index contributed by atoms with van der Waals surface area (Å²) in [6, 6.07) is 8.14. The quantitative estimate of drug-likeness (QED) is 0.748. The maximum Gasteiger partial charge on any atom is 0.431 e. The molecular formula is C20H23F3N4O. The van der Waals surface area contributed by atoms with Crippen LogP contribution in [0.25, 0.3) is 0 Å². The van der Waals surface area contributed by atoms with Crippen LogP contribution in [0.4, 0.5) is 13.2 Å². The Labute approximate surface area is 161 Å². The Morgan fingerprint density at radius 3 is 2.43 bits per heavy atom. The number of hydrogen-bond acceptors (Lipinski definition) is 3. The third-order valence-electron chi connectivity index (χ3n) is 6.12. The number of aryl methyl sites for hydroxylation is 1. The Hall–Kier alpha value is -2.35. The first-order valence-corrected chi connectivity index (χ1v) is 9.44. The lowest BCUT2D eigenvalue weighted by Crippen LogP contribution is -2.56. The van der Waals surface area contributed by atoms with Crippen LogP contribution in [0, 0.1) is 6.92 Å². The van der Waals surface area contributed by atoms with Crippen molar-refractivity contribution in [3.8, 4) is 0 Å². The molecule has 1 spiro atoms. The van der Waals surface area contributed by atoms with Crippen LogP contribution in [-0.2, 0) is 18.3 Å². The number of halogens is 3. The number of piperidine rings is 1. The lowest BCUT2D eigenvalue weighted by molar-refractivity contribution is -0.144. The summed E-state index contributed by atoms with van der Waals surface area (Å²) in [4.78, 5) is 21.0. The Bertz CT molecular complexity index is 897. The molecule has 0 aliphatic carbocycles. The first kappa shape index (κ1) is 19.0. The van der Waals surface area contributed by atoms with Crippen LogP contribution in [0.1, 0.15) is 40.4 Å². The van der Waals surface area contributed by atoms with Gasteiger partial charge in [0.15, 0.2) is 0 Å². The second-order valence-corrected chi connectivity index (χ2v) is 7.66. The van der Waals surface area contributed by atoms with Crippen molar-refractivity contribution in [3.63, 3.8) is 0 Å². The maximum absolute atomic E-state index is 13.4. The van der Waals surface area contributed by atoms with Crippen molar-refractivity contribution in [2.45, 2.75) is 38.0 Å². The zero-order valence-corrected chi connectivity index (χ0v) is 16.0. The summed E-state index contributed by atoms with van der Waals surface area (Å²) >= 11 is 0. The number of fused-ring (bicyclic) bond motifs is 2. The Morgan fingerprint density at radius 2 is 1.79 bits per heavy atom. The topological polar surface area (TPSA) is 41.4 Å². The molecule has 4 heterocycles. The molecule has 5 nitrogen and oxygen atoms in total. The molecule has 2 aliphatic heterocycles. The van der Waals surface area contributed by atoms with E-state index in [9.17, 15) is 18.0 Å². The van der Waals surface area contributed by atoms with E-state index in [0.29, 0.717) is 50.4 Å². The number of hydrogen-bond donors (Lipinski definition) is 0. The van der Waals surface area contributed by atoms with Crippen LogP contribution < -0.4 is 0 Å². The van der Waals surface area contributed by atoms with E-state index in [2.05, 4.69) is 9.88 Å². The number of alkyl halides is 3. The highest BCUT2D eigenvalue weighted by molar-refractivity contribution is 5.92. The van der Waals surface area contributed by atoms with Crippen LogP contribution in [-0.4, -0.2) is 51.9 Å². The third-order valence-corrected chi connectivity index (χ3v) is 6.12. The highest BCUT2D eigenvalue weighted by Crippen LogP contribution is 2.43. The van der Waals surface area contributed by atoms with Crippen molar-refractivity contribution in [1.29, 1.82) is 0 Å². The van der Waals surface area contributed by atoms with Crippen molar-refractivity contribution < 1.29 is 18.0 Å². The van der Waals surface area contributed by atoms with Crippen molar-refractivity contribution in [3.05, 3.63) is 53.1 Å². The number of carbonyl (C=O) groups excluding carboxylic acids is 1. The predicted octanol–water partition coefficient (Wildman–Crippen LogP) is 3.29. The monoisotopic (exact) mass is 392 g/mol. The largest absolute Gasteiger partial charge is 0.431 e. The van der Waals surface area contributed by atoms with Crippen molar-refractivity contribution in [1.82, 2.24) is 19.4 Å². The highest BCUT2D eigenvalue weighted by atomic mass is 19.4. The molecule has 0 saturated carbocycles. The summed E-state index contributed by atoms with van der Waals surface area (Å²) in [5, 5.41) is 0. The van der Waals surface area contributed by atoms with Gasteiger partial charge in [0.1, 0.15) is 11.4 Å². The van der Waals surface area contributed by atoms with Crippen LogP contribution in [0.2, 0.25) is 0 Å². The highest BCUT2D eigenvalue weighted by Gasteiger charge is 2.47. The van der Waals surface area contributed by atoms with E-state index in [-0.39, 0.29) is 5.91 Å². The van der Waals surface area contributed by atoms with Gasteiger partial charge < -0.3 is 9.47 Å². The van der Waals surface area contributed by atoms with Gasteiger partial charge in [0.05, 0.1) is 5.54 Å². The first-order valence-electron chi connectivity index (χ1n) is 9.44. The predicted molar refractivity (Wildman–Crippen MR) is 97.9 cm³/mol. The molecule has 1 saturated heterocycles. The van der Waals surface area contributed by atoms with Gasteiger partial charge in [-0.1, -0.05) is 6.07 Å². The summed E-state index contributed by atoms with van der Waals surface area (Å²) in [5.41, 5.74) is 0.838. The minimum Gasteiger partial charge on any atom is -0.338 e. The van der Waals surface area contributed by atoms with E-state index >= 15 is 0 Å². The molecule has 1 fully saturated rings. The second-order valence-electron chi connectivity index (χ2n) is 7.66. The lowest BCUT2D eigenvalue weighted by atomic mass is 9.81. The number of likely N-dealkylation sites (N-methyl/N-ethyl adjacent to an activating group) is 1. The van der Waals surface area contributed by atoms with Gasteiger partial charge in [-0.25, -0.2) is 4.98 Å². The zero-order valence-electron chi connectivity index (χ0n) is 16.0. The molecule has 8 heteroatoms. The fourth-order valence-corrected chi connectivity index (χ4v) is 4.56. The zero-order chi connectivity index (χ0) is 20.1. The van der Waals surface area contributed by atoms with Crippen molar-refractivity contribution in [2.24, 2.45) is 0 Å². The van der Waals surface area contributed by atoms with E-state index in [1.165, 1.54) is 10.6 Å². The number of likely N-dealkylation sites (tertiary alicyclic amines) is 1. The van der Waals surface area contributed by atoms with E-state index in [1.807, 2.05) is 26.1 Å². The molecule has 150 valence electrons. The average Bonchev–Trinajstić information content (AvgIpc) is 3.10. The van der Waals surface area contributed by atoms with E-state index in [1.54, 1.807) is 17.0 Å². The molecule has 0 bridgehead atoms. The molecule has 2 aromatic rings. The molecule has 2 aromatic heterocycles. The van der Waals surface area contributed by atoms with E-state index < -0.39 is 17.4 Å². The summed E-state index contributed by atoms with van der Waals surface area (Å²) in [5.74, 6) is -0.122. The van der Waals surface area contributed by atoms with E-state index in [4.69, 9.17) is 0 Å². The molecule has 4 rings (SSSR count). The molecule has 0 unspecified atom stereocenters. The SMILES string of the molecule is Cc1cccc(C(=O)N2CCC3(CC2)c2ccc(C(F)(F)F)n2CCN3C)n1. The van der Waals surface area contributed by atoms with Gasteiger partial charge in [0.2, 0.25) is 0 Å². The third kappa shape index (κ3) is 2.99. The van der Waals surface area contributed by atoms with Crippen LogP contribution in [0.5, 0.6) is 0 Å². The second kappa shape index (κ2) is 6.62. The normalized spacial score (nSPS) is 19.7. The van der Waals surface area contributed by atoms with Crippen LogP contribution in [0.3, 0.4) is 0 Å². The number of nitrogens with zero attached hydrogens (tertiary/aromatic N) is 4. The molecule has 1 amide bonds. The van der Waals surface area contributed by atoms with E-state index in [0.717, 1.165) is 5.69 Å². The fraction of sp³-hybridized carbons (Fsp3) is 0.500. The minimum absolute atomic E-state index is 0.122. The number of aromatic nitrogens is 2. The molecule has 2 aliphatic rings. The van der Waals surface area contributed by atoms with Crippen LogP contribution in [0.15, 0.2) is 30.3 Å². The first-order chi connectivity index (χ1) is 13.2. The van der Waals surface area contributed by atoms with Gasteiger partial charge in [-0.3, -0.25) is 9.69 Å². The lowest BCUT2D eigenvalue weighted by Gasteiger charge is -2.50. The van der Waals surface area contributed by atoms with Crippen LogP contribution >= 0.6 is 0 Å².